The van der Waals surface area contributed by atoms with Gasteiger partial charge in [0.2, 0.25) is 17.7 Å². The summed E-state index contributed by atoms with van der Waals surface area (Å²) in [6, 6.07) is 7.91. The maximum Gasteiger partial charge on any atom is 0.737 e. The molecular weight excluding hydrogens is 807 g/mol. The Hall–Kier alpha value is -4.80. The first kappa shape index (κ1) is 47.2. The Bertz CT molecular complexity index is 2360. The van der Waals surface area contributed by atoms with Crippen LogP contribution in [0.2, 0.25) is 0 Å². The minimum atomic E-state index is -4.01. The molecule has 2 N–H and O–H groups in total. The lowest BCUT2D eigenvalue weighted by molar-refractivity contribution is -0.363. The Morgan fingerprint density at radius 3 is 2.36 bits per heavy atom. The van der Waals surface area contributed by atoms with Crippen molar-refractivity contribution in [2.75, 3.05) is 45.8 Å². The Morgan fingerprint density at radius 2 is 1.64 bits per heavy atom. The van der Waals surface area contributed by atoms with Crippen LogP contribution in [-0.2, 0) is 16.1 Å². The summed E-state index contributed by atoms with van der Waals surface area (Å²) in [7, 11) is 0. The average Bonchev–Trinajstić information content (AvgIpc) is 3.89. The predicted molar refractivity (Wildman–Crippen MR) is 253 cm³/mol. The largest absolute Gasteiger partial charge is 0.737 e. The fraction of sp³-hybridized carbons (Fsp3) is 0.569. The summed E-state index contributed by atoms with van der Waals surface area (Å²) in [6.07, 6.45) is 10.1. The van der Waals surface area contributed by atoms with E-state index in [2.05, 4.69) is 59.1 Å². The number of oxazole rings is 1. The van der Waals surface area contributed by atoms with Crippen LogP contribution in [0.4, 0.5) is 8.63 Å². The molecule has 2 fully saturated rings. The lowest BCUT2D eigenvalue weighted by Gasteiger charge is -2.34. The number of nitrogens with one attached hydrogen (secondary N) is 2. The van der Waals surface area contributed by atoms with Gasteiger partial charge in [-0.1, -0.05) is 25.7 Å². The number of halogens is 2. The van der Waals surface area contributed by atoms with Crippen LogP contribution in [0.3, 0.4) is 0 Å². The van der Waals surface area contributed by atoms with Gasteiger partial charge in [-0.15, -0.1) is 0 Å². The standard InChI is InChI=1S/C51H70BF2N7O3/c1-34(2)42-19-26-58(27-20-42)25-13-24-56-50(63)43-21-28-59(29-22-43)33-46-40(8)64-51(57-46)44-16-15-41(32-35(44)3)14-11-9-10-12-23-55-47(62)18-17-45-48-36(4)30-38(6)60(48)52(53,54)61-39(7)31-37(5)49(45)61/h15-16,30-32,34,42-43H,9-10,12-13,17-29,33H2,1-8H3,(H,55,62)(H,56,63). The number of nitrogens with zero attached hydrogens (tertiary/aromatic N) is 5. The number of likely N-dealkylation sites (tertiary alicyclic amines) is 2. The number of aromatic nitrogens is 2. The number of unbranched alkanes of at least 4 members (excludes halogenated alkanes) is 2. The molecule has 3 aromatic rings. The lowest BCUT2D eigenvalue weighted by atomic mass is 9.84. The van der Waals surface area contributed by atoms with E-state index in [0.29, 0.717) is 54.6 Å². The zero-order valence-corrected chi connectivity index (χ0v) is 39.6. The SMILES string of the molecule is CC1=CC(C)=[N+]2C1=C(CCC(=O)NCCCCC#Cc1ccc(-c3nc(CN4CCC(C(=O)NCCCN5CCC(C(C)C)CC5)CC4)c(C)o3)c(C)c1)c1c(C)cc(C)n1[B-]2(F)F. The number of aryl methyl sites for hydroxylation is 4. The molecule has 2 saturated heterocycles. The molecule has 64 heavy (non-hydrogen) atoms. The molecule has 0 saturated carbocycles. The van der Waals surface area contributed by atoms with Crippen LogP contribution in [0.25, 0.3) is 17.0 Å². The van der Waals surface area contributed by atoms with Gasteiger partial charge in [0.1, 0.15) is 11.5 Å². The number of carbonyl (C=O) groups is 2. The Balaban J connectivity index is 0.803. The zero-order chi connectivity index (χ0) is 45.7. The third-order valence-corrected chi connectivity index (χ3v) is 14.1. The monoisotopic (exact) mass is 878 g/mol. The van der Waals surface area contributed by atoms with Crippen molar-refractivity contribution in [2.24, 2.45) is 17.8 Å². The molecule has 6 heterocycles. The third-order valence-electron chi connectivity index (χ3n) is 14.1. The first-order chi connectivity index (χ1) is 30.6. The normalized spacial score (nSPS) is 18.3. The highest BCUT2D eigenvalue weighted by Gasteiger charge is 2.54. The molecule has 344 valence electrons. The van der Waals surface area contributed by atoms with Crippen LogP contribution < -0.4 is 10.6 Å². The Morgan fingerprint density at radius 1 is 0.922 bits per heavy atom. The summed E-state index contributed by atoms with van der Waals surface area (Å²) < 4.78 is 40.2. The molecule has 2 aromatic heterocycles. The number of amides is 2. The fourth-order valence-electron chi connectivity index (χ4n) is 10.5. The number of benzene rings is 1. The molecule has 0 aliphatic carbocycles. The number of allylic oxidation sites excluding steroid dienone is 3. The Kier molecular flexibility index (Phi) is 15.2. The molecule has 4 aliphatic heterocycles. The van der Waals surface area contributed by atoms with Crippen molar-refractivity contribution < 1.29 is 27.1 Å². The second-order valence-electron chi connectivity index (χ2n) is 19.2. The van der Waals surface area contributed by atoms with Crippen LogP contribution in [0, 0.1) is 57.3 Å². The van der Waals surface area contributed by atoms with Gasteiger partial charge in [-0.25, -0.2) is 4.98 Å². The zero-order valence-electron chi connectivity index (χ0n) is 39.6. The predicted octanol–water partition coefficient (Wildman–Crippen LogP) is 8.96. The summed E-state index contributed by atoms with van der Waals surface area (Å²) in [4.78, 5) is 35.8. The maximum atomic E-state index is 15.8. The summed E-state index contributed by atoms with van der Waals surface area (Å²) >= 11 is 0. The fourth-order valence-corrected chi connectivity index (χ4v) is 10.5. The number of fused-ring (bicyclic) bond motifs is 2. The maximum absolute atomic E-state index is 15.8. The van der Waals surface area contributed by atoms with Crippen molar-refractivity contribution in [2.45, 2.75) is 126 Å². The van der Waals surface area contributed by atoms with Crippen molar-refractivity contribution in [3.63, 3.8) is 0 Å². The van der Waals surface area contributed by atoms with Gasteiger partial charge in [0, 0.05) is 79.4 Å². The second kappa shape index (κ2) is 20.6. The van der Waals surface area contributed by atoms with E-state index in [9.17, 15) is 9.59 Å². The highest BCUT2D eigenvalue weighted by atomic mass is 19.2. The molecule has 0 radical (unpaired) electrons. The average molecular weight is 878 g/mol. The van der Waals surface area contributed by atoms with E-state index in [1.165, 1.54) is 34.9 Å². The first-order valence-electron chi connectivity index (χ1n) is 23.9. The molecule has 10 nitrogen and oxygen atoms in total. The van der Waals surface area contributed by atoms with Crippen LogP contribution in [-0.4, -0.2) is 94.1 Å². The van der Waals surface area contributed by atoms with Crippen molar-refractivity contribution in [3.05, 3.63) is 81.1 Å². The first-order valence-corrected chi connectivity index (χ1v) is 23.9. The molecule has 2 amide bonds. The molecule has 0 bridgehead atoms. The molecule has 0 atom stereocenters. The highest BCUT2D eigenvalue weighted by Crippen LogP contribution is 2.43. The third kappa shape index (κ3) is 10.7. The second-order valence-corrected chi connectivity index (χ2v) is 19.2. The van der Waals surface area contributed by atoms with E-state index in [1.54, 1.807) is 13.8 Å². The van der Waals surface area contributed by atoms with Gasteiger partial charge >= 0.3 is 6.97 Å². The molecule has 13 heteroatoms. The topological polar surface area (TPSA) is 98.7 Å². The minimum absolute atomic E-state index is 0.0731. The van der Waals surface area contributed by atoms with Gasteiger partial charge in [-0.2, -0.15) is 0 Å². The number of hydrogen-bond acceptors (Lipinski definition) is 6. The van der Waals surface area contributed by atoms with E-state index >= 15 is 8.63 Å². The minimum Gasteiger partial charge on any atom is -0.441 e. The highest BCUT2D eigenvalue weighted by molar-refractivity contribution is 6.58. The summed E-state index contributed by atoms with van der Waals surface area (Å²) in [6.45, 7) is 19.0. The molecule has 1 aromatic carbocycles. The Labute approximate surface area is 380 Å². The van der Waals surface area contributed by atoms with Crippen LogP contribution >= 0.6 is 0 Å². The van der Waals surface area contributed by atoms with E-state index < -0.39 is 6.97 Å². The number of hydrogen-bond donors (Lipinski definition) is 2. The number of piperidine rings is 2. The molecule has 0 spiro atoms. The van der Waals surface area contributed by atoms with E-state index in [-0.39, 0.29) is 24.2 Å². The molecular formula is C51H70BF2N7O3. The van der Waals surface area contributed by atoms with Crippen LogP contribution in [0.15, 0.2) is 46.0 Å². The van der Waals surface area contributed by atoms with Crippen LogP contribution in [0.5, 0.6) is 0 Å². The number of rotatable bonds is 16. The van der Waals surface area contributed by atoms with Gasteiger partial charge in [0.15, 0.2) is 5.70 Å². The lowest BCUT2D eigenvalue weighted by Crippen LogP contribution is -2.51. The molecule has 7 rings (SSSR count). The van der Waals surface area contributed by atoms with Crippen molar-refractivity contribution in [1.29, 1.82) is 0 Å². The van der Waals surface area contributed by atoms with Crippen molar-refractivity contribution >= 4 is 30.1 Å². The van der Waals surface area contributed by atoms with Crippen LogP contribution in [0.1, 0.15) is 131 Å². The summed E-state index contributed by atoms with van der Waals surface area (Å²) in [5.74, 6) is 9.83. The van der Waals surface area contributed by atoms with Crippen molar-refractivity contribution in [1.82, 2.24) is 29.9 Å². The summed E-state index contributed by atoms with van der Waals surface area (Å²) in [5, 5.41) is 6.25. The van der Waals surface area contributed by atoms with E-state index in [1.807, 2.05) is 45.0 Å². The van der Waals surface area contributed by atoms with Gasteiger partial charge in [-0.05, 0) is 172 Å². The van der Waals surface area contributed by atoms with Gasteiger partial charge in [0.05, 0.1) is 5.69 Å². The summed E-state index contributed by atoms with van der Waals surface area (Å²) in [5.41, 5.74) is 8.42. The van der Waals surface area contributed by atoms with E-state index in [4.69, 9.17) is 9.40 Å². The quantitative estimate of drug-likeness (QED) is 0.0848. The van der Waals surface area contributed by atoms with Gasteiger partial charge in [0.25, 0.3) is 0 Å². The van der Waals surface area contributed by atoms with Gasteiger partial charge < -0.3 is 37.5 Å². The molecule has 4 aliphatic rings. The smallest absolute Gasteiger partial charge is 0.441 e. The molecule has 0 unspecified atom stereocenters. The van der Waals surface area contributed by atoms with Crippen molar-refractivity contribution in [3.8, 4) is 23.3 Å². The van der Waals surface area contributed by atoms with E-state index in [0.717, 1.165) is 115 Å². The number of carbonyl (C=O) groups excluding carboxylic acids is 2. The van der Waals surface area contributed by atoms with Gasteiger partial charge in [-0.3, -0.25) is 14.5 Å².